The van der Waals surface area contributed by atoms with Crippen molar-refractivity contribution in [1.82, 2.24) is 0 Å². The van der Waals surface area contributed by atoms with E-state index in [0.29, 0.717) is 15.7 Å². The van der Waals surface area contributed by atoms with Gasteiger partial charge in [0.1, 0.15) is 0 Å². The molecule has 5 unspecified atom stereocenters. The van der Waals surface area contributed by atoms with Crippen LogP contribution in [0.4, 0.5) is 0 Å². The summed E-state index contributed by atoms with van der Waals surface area (Å²) in [5.41, 5.74) is 2.74. The first-order chi connectivity index (χ1) is 9.99. The maximum atomic E-state index is 5.38. The van der Waals surface area contributed by atoms with E-state index in [1.165, 1.54) is 11.3 Å². The first-order valence-corrected chi connectivity index (χ1v) is 14.3. The van der Waals surface area contributed by atoms with Crippen molar-refractivity contribution < 1.29 is 58.2 Å². The van der Waals surface area contributed by atoms with Crippen molar-refractivity contribution in [2.45, 2.75) is 57.3 Å². The average molecular weight is 484 g/mol. The van der Waals surface area contributed by atoms with Crippen LogP contribution < -0.4 is 58.2 Å². The summed E-state index contributed by atoms with van der Waals surface area (Å²) in [6.07, 6.45) is 4.30. The summed E-state index contributed by atoms with van der Waals surface area (Å²) in [6, 6.07) is 0. The Bertz CT molecular complexity index is 558. The Balaban J connectivity index is 0.00000441. The molecule has 0 saturated carbocycles. The molecule has 8 heteroatoms. The van der Waals surface area contributed by atoms with Gasteiger partial charge < -0.3 is 0 Å². The molecule has 1 rings (SSSR count). The van der Waals surface area contributed by atoms with Crippen molar-refractivity contribution in [3.8, 4) is 0 Å². The summed E-state index contributed by atoms with van der Waals surface area (Å²) >= 11 is 10.6. The van der Waals surface area contributed by atoms with E-state index in [-0.39, 0.29) is 77.1 Å². The molecule has 0 aromatic rings. The number of aliphatic imine (C=N–C) groups is 1. The van der Waals surface area contributed by atoms with Crippen LogP contribution in [-0.2, 0) is 59.0 Å². The summed E-state index contributed by atoms with van der Waals surface area (Å²) in [5, 5.41) is 0.553. The van der Waals surface area contributed by atoms with E-state index in [0.717, 1.165) is 12.8 Å². The summed E-state index contributed by atoms with van der Waals surface area (Å²) in [4.78, 5) is 4.65. The monoisotopic (exact) mass is 483 g/mol. The molecule has 1 aliphatic rings. The van der Waals surface area contributed by atoms with E-state index in [9.17, 15) is 0 Å². The van der Waals surface area contributed by atoms with Crippen LogP contribution in [0.3, 0.4) is 0 Å². The Morgan fingerprint density at radius 2 is 2.00 bits per heavy atom. The Morgan fingerprint density at radius 1 is 1.36 bits per heavy atom. The molecule has 0 spiro atoms. The molecule has 22 heavy (non-hydrogen) atoms. The van der Waals surface area contributed by atoms with Gasteiger partial charge in [-0.3, -0.25) is 20.2 Å². The third-order valence-corrected chi connectivity index (χ3v) is 15.9. The van der Waals surface area contributed by atoms with Crippen LogP contribution in [-0.4, -0.2) is 16.0 Å². The molecule has 1 heterocycles. The Labute approximate surface area is 205 Å². The smallest absolute Gasteiger partial charge is 0.269 e. The first-order valence-electron chi connectivity index (χ1n) is 7.07. The van der Waals surface area contributed by atoms with E-state index < -0.39 is 0 Å². The molecule has 0 radical (unpaired) electrons. The summed E-state index contributed by atoms with van der Waals surface area (Å²) in [6.45, 7) is 11.2. The third kappa shape index (κ3) is 6.84. The minimum atomic E-state index is 0. The quantitative estimate of drug-likeness (QED) is 0.497. The maximum Gasteiger partial charge on any atom is 1.00 e. The van der Waals surface area contributed by atoms with E-state index >= 15 is 0 Å². The second kappa shape index (κ2) is 13.0. The Morgan fingerprint density at radius 3 is 2.41 bits per heavy atom. The first kappa shape index (κ1) is 24.8. The second-order valence-electron chi connectivity index (χ2n) is 5.03. The van der Waals surface area contributed by atoms with Crippen molar-refractivity contribution in [1.29, 1.82) is 0 Å². The van der Waals surface area contributed by atoms with Gasteiger partial charge in [-0.2, -0.15) is 6.92 Å². The van der Waals surface area contributed by atoms with E-state index in [1.807, 2.05) is 0 Å². The predicted octanol–water partition coefficient (Wildman–Crippen LogP) is 0.837. The van der Waals surface area contributed by atoms with Crippen molar-refractivity contribution in [3.05, 3.63) is 17.0 Å². The fourth-order valence-corrected chi connectivity index (χ4v) is 15.0. The van der Waals surface area contributed by atoms with Crippen LogP contribution in [0.25, 0.3) is 0 Å². The van der Waals surface area contributed by atoms with Gasteiger partial charge in [-0.05, 0) is 57.1 Å². The fraction of sp³-hybridized carbons (Fsp3) is 0.714. The van der Waals surface area contributed by atoms with Crippen LogP contribution in [0.2, 0.25) is 0 Å². The molecule has 0 aromatic heterocycles. The van der Waals surface area contributed by atoms with Crippen LogP contribution in [0, 0.1) is 11.7 Å². The average Bonchev–Trinajstić information content (AvgIpc) is 2.81. The van der Waals surface area contributed by atoms with E-state index in [4.69, 9.17) is 22.4 Å². The maximum absolute atomic E-state index is 5.38. The standard InChI is InChI=1S/C14H24NS6.Rb/c1-6-13-9-15-14(11(13)4)8-10(3)21(19-17)12(5)20(7-2)18-16;/h7,9-10,12-13H,6,8H2,1-5H3;/q-1;+1. The number of hydrogen-bond donors (Lipinski definition) is 0. The predicted molar refractivity (Wildman–Crippen MR) is 113 cm³/mol. The van der Waals surface area contributed by atoms with Gasteiger partial charge in [0, 0.05) is 34.1 Å². The number of nitrogens with zero attached hydrogens (tertiary/aromatic N) is 1. The number of allylic oxidation sites excluding steroid dienone is 2. The Kier molecular flexibility index (Phi) is 14.7. The largest absolute Gasteiger partial charge is 1.00 e. The van der Waals surface area contributed by atoms with Crippen molar-refractivity contribution in [3.63, 3.8) is 0 Å². The number of rotatable bonds is 7. The second-order valence-corrected chi connectivity index (χ2v) is 15.2. The zero-order valence-electron chi connectivity index (χ0n) is 14.2. The van der Waals surface area contributed by atoms with Crippen LogP contribution in [0.1, 0.15) is 47.5 Å². The molecule has 0 bridgehead atoms. The molecular weight excluding hydrogens is 460 g/mol. The van der Waals surface area contributed by atoms with Gasteiger partial charge in [-0.25, -0.2) is 0 Å². The molecule has 0 saturated heterocycles. The minimum absolute atomic E-state index is 0. The molecule has 1 aliphatic heterocycles. The topological polar surface area (TPSA) is 12.4 Å². The molecule has 5 atom stereocenters. The molecule has 0 amide bonds. The van der Waals surface area contributed by atoms with Gasteiger partial charge in [-0.15, -0.1) is 9.45 Å². The van der Waals surface area contributed by atoms with Crippen LogP contribution >= 0.6 is 0 Å². The van der Waals surface area contributed by atoms with Gasteiger partial charge in [-0.1, -0.05) is 22.7 Å². The van der Waals surface area contributed by atoms with E-state index in [2.05, 4.69) is 51.6 Å². The molecule has 122 valence electrons. The van der Waals surface area contributed by atoms with Crippen molar-refractivity contribution in [2.24, 2.45) is 10.9 Å². The molecule has 0 aliphatic carbocycles. The summed E-state index contributed by atoms with van der Waals surface area (Å²) < 4.78 is 0.545. The van der Waals surface area contributed by atoms with Gasteiger partial charge in [0.15, 0.2) is 0 Å². The van der Waals surface area contributed by atoms with Gasteiger partial charge in [0.25, 0.3) is 0 Å². The third-order valence-electron chi connectivity index (χ3n) is 3.78. The molecule has 0 fully saturated rings. The van der Waals surface area contributed by atoms with Gasteiger partial charge in [0.05, 0.1) is 0 Å². The zero-order chi connectivity index (χ0) is 16.0. The Hall–Kier alpha value is 2.80. The van der Waals surface area contributed by atoms with Crippen molar-refractivity contribution in [2.75, 3.05) is 0 Å². The normalized spacial score (nSPS) is 22.7. The summed E-state index contributed by atoms with van der Waals surface area (Å²) in [7, 11) is 3.41. The van der Waals surface area contributed by atoms with Crippen molar-refractivity contribution >= 4 is 65.3 Å². The minimum Gasteiger partial charge on any atom is -0.269 e. The fourth-order valence-electron chi connectivity index (χ4n) is 2.42. The summed E-state index contributed by atoms with van der Waals surface area (Å²) in [5.74, 6) is 2.79. The molecule has 1 nitrogen and oxygen atoms in total. The van der Waals surface area contributed by atoms with Gasteiger partial charge >= 0.3 is 58.2 Å². The zero-order valence-corrected chi connectivity index (χ0v) is 24.0. The van der Waals surface area contributed by atoms with E-state index in [1.54, 1.807) is 17.8 Å². The van der Waals surface area contributed by atoms with Crippen LogP contribution in [0.5, 0.6) is 0 Å². The molecule has 0 aromatic carbocycles. The van der Waals surface area contributed by atoms with Gasteiger partial charge in [0.2, 0.25) is 0 Å². The van der Waals surface area contributed by atoms with Crippen LogP contribution in [0.15, 0.2) is 16.3 Å². The molecule has 0 N–H and O–H groups in total. The number of hydrogen-bond acceptors (Lipinski definition) is 3. The molecular formula is C14H24NRbS6. The SMILES string of the molecule is C[CH-]S(=S=S)C(C)S(=S=S)C(C)CC1=C(C)C(CC)C=N1.[Rb+].